The molecule has 4 aromatic rings. The van der Waals surface area contributed by atoms with E-state index in [1.54, 1.807) is 0 Å². The third kappa shape index (κ3) is 6.32. The molecule has 1 N–H and O–H groups in total. The van der Waals surface area contributed by atoms with Gasteiger partial charge in [-0.05, 0) is 73.1 Å². The maximum absolute atomic E-state index is 6.11. The van der Waals surface area contributed by atoms with Gasteiger partial charge in [-0.15, -0.1) is 0 Å². The van der Waals surface area contributed by atoms with Crippen molar-refractivity contribution < 1.29 is 9.47 Å². The molecule has 36 heavy (non-hydrogen) atoms. The predicted molar refractivity (Wildman–Crippen MR) is 146 cm³/mol. The maximum Gasteiger partial charge on any atom is 0.214 e. The van der Waals surface area contributed by atoms with Crippen LogP contribution in [-0.4, -0.2) is 24.2 Å². The van der Waals surface area contributed by atoms with Crippen molar-refractivity contribution in [3.63, 3.8) is 0 Å². The summed E-state index contributed by atoms with van der Waals surface area (Å²) in [6.07, 6.45) is 4.11. The fraction of sp³-hybridized carbons (Fsp3) is 0.281. The van der Waals surface area contributed by atoms with Gasteiger partial charge >= 0.3 is 0 Å². The first-order valence-electron chi connectivity index (χ1n) is 13.0. The second-order valence-corrected chi connectivity index (χ2v) is 9.49. The van der Waals surface area contributed by atoms with E-state index >= 15 is 0 Å². The standard InChI is InChI=1S/C32H34N2O2/c1-24-19-27-15-16-30(20-29(27)23-33-24)35-17-9-4-10-18-36-32-22-28(25-11-5-2-6-12-25)21-31(34-32)26-13-7-3-8-14-26/h2-3,5-8,11-16,20-22,24,33H,4,9-10,17-19,23H2,1H3. The van der Waals surface area contributed by atoms with Crippen LogP contribution in [0.5, 0.6) is 11.6 Å². The fourth-order valence-corrected chi connectivity index (χ4v) is 4.62. The molecule has 0 radical (unpaired) electrons. The Morgan fingerprint density at radius 3 is 2.22 bits per heavy atom. The second-order valence-electron chi connectivity index (χ2n) is 9.49. The van der Waals surface area contributed by atoms with Gasteiger partial charge in [-0.3, -0.25) is 0 Å². The number of nitrogens with zero attached hydrogens (tertiary/aromatic N) is 1. The van der Waals surface area contributed by atoms with E-state index in [4.69, 9.17) is 14.5 Å². The first-order chi connectivity index (χ1) is 17.7. The monoisotopic (exact) mass is 478 g/mol. The van der Waals surface area contributed by atoms with Crippen molar-refractivity contribution in [1.82, 2.24) is 10.3 Å². The van der Waals surface area contributed by atoms with Crippen molar-refractivity contribution in [2.24, 2.45) is 0 Å². The van der Waals surface area contributed by atoms with E-state index in [0.717, 1.165) is 67.0 Å². The number of unbranched alkanes of at least 4 members (excludes halogenated alkanes) is 2. The Hall–Kier alpha value is -3.63. The van der Waals surface area contributed by atoms with Crippen LogP contribution in [0.1, 0.15) is 37.3 Å². The number of ether oxygens (including phenoxy) is 2. The molecule has 2 heterocycles. The van der Waals surface area contributed by atoms with Crippen molar-refractivity contribution >= 4 is 0 Å². The predicted octanol–water partition coefficient (Wildman–Crippen LogP) is 7.08. The molecule has 3 aromatic carbocycles. The molecule has 1 atom stereocenters. The van der Waals surface area contributed by atoms with Crippen molar-refractivity contribution in [3.8, 4) is 34.0 Å². The maximum atomic E-state index is 6.11. The van der Waals surface area contributed by atoms with Crippen molar-refractivity contribution in [1.29, 1.82) is 0 Å². The molecule has 0 saturated carbocycles. The van der Waals surface area contributed by atoms with Crippen molar-refractivity contribution in [2.75, 3.05) is 13.2 Å². The van der Waals surface area contributed by atoms with Crippen LogP contribution in [0.3, 0.4) is 0 Å². The van der Waals surface area contributed by atoms with Gasteiger partial charge in [0.1, 0.15) is 5.75 Å². The number of benzene rings is 3. The van der Waals surface area contributed by atoms with Crippen LogP contribution in [-0.2, 0) is 13.0 Å². The molecular weight excluding hydrogens is 444 g/mol. The molecular formula is C32H34N2O2. The smallest absolute Gasteiger partial charge is 0.214 e. The molecule has 0 aliphatic carbocycles. The van der Waals surface area contributed by atoms with Gasteiger partial charge in [0.2, 0.25) is 5.88 Å². The summed E-state index contributed by atoms with van der Waals surface area (Å²) in [7, 11) is 0. The minimum atomic E-state index is 0.549. The highest BCUT2D eigenvalue weighted by Crippen LogP contribution is 2.29. The van der Waals surface area contributed by atoms with E-state index in [9.17, 15) is 0 Å². The summed E-state index contributed by atoms with van der Waals surface area (Å²) in [5.74, 6) is 1.64. The van der Waals surface area contributed by atoms with Gasteiger partial charge in [0.05, 0.1) is 18.9 Å². The van der Waals surface area contributed by atoms with Crippen LogP contribution >= 0.6 is 0 Å². The summed E-state index contributed by atoms with van der Waals surface area (Å²) in [6.45, 7) is 4.52. The normalized spacial score (nSPS) is 14.8. The van der Waals surface area contributed by atoms with Crippen molar-refractivity contribution in [3.05, 3.63) is 102 Å². The molecule has 1 aromatic heterocycles. The summed E-state index contributed by atoms with van der Waals surface area (Å²) in [4.78, 5) is 4.79. The van der Waals surface area contributed by atoms with Gasteiger partial charge in [-0.1, -0.05) is 66.7 Å². The summed E-state index contributed by atoms with van der Waals surface area (Å²) in [5.41, 5.74) is 7.08. The Balaban J connectivity index is 1.12. The van der Waals surface area contributed by atoms with Gasteiger partial charge in [0.15, 0.2) is 0 Å². The van der Waals surface area contributed by atoms with E-state index in [1.165, 1.54) is 11.1 Å². The number of aromatic nitrogens is 1. The summed E-state index contributed by atoms with van der Waals surface area (Å²) < 4.78 is 12.1. The molecule has 4 nitrogen and oxygen atoms in total. The molecule has 1 unspecified atom stereocenters. The third-order valence-electron chi connectivity index (χ3n) is 6.63. The first-order valence-corrected chi connectivity index (χ1v) is 13.0. The van der Waals surface area contributed by atoms with Gasteiger partial charge in [-0.2, -0.15) is 0 Å². The highest BCUT2D eigenvalue weighted by atomic mass is 16.5. The van der Waals surface area contributed by atoms with Gasteiger partial charge in [-0.25, -0.2) is 4.98 Å². The Morgan fingerprint density at radius 2 is 1.44 bits per heavy atom. The fourth-order valence-electron chi connectivity index (χ4n) is 4.62. The van der Waals surface area contributed by atoms with Crippen LogP contribution in [0.25, 0.3) is 22.4 Å². The number of fused-ring (bicyclic) bond motifs is 1. The van der Waals surface area contributed by atoms with E-state index in [2.05, 4.69) is 72.9 Å². The number of hydrogen-bond donors (Lipinski definition) is 1. The van der Waals surface area contributed by atoms with Crippen LogP contribution < -0.4 is 14.8 Å². The quantitative estimate of drug-likeness (QED) is 0.247. The lowest BCUT2D eigenvalue weighted by atomic mass is 9.96. The Morgan fingerprint density at radius 1 is 0.722 bits per heavy atom. The van der Waals surface area contributed by atoms with E-state index < -0.39 is 0 Å². The Bertz CT molecular complexity index is 1200. The van der Waals surface area contributed by atoms with E-state index in [0.29, 0.717) is 18.5 Å². The molecule has 0 amide bonds. The number of rotatable bonds is 10. The number of pyridine rings is 1. The lowest BCUT2D eigenvalue weighted by molar-refractivity contribution is 0.274. The average Bonchev–Trinajstić information content (AvgIpc) is 2.93. The zero-order valence-electron chi connectivity index (χ0n) is 21.0. The molecule has 4 heteroatoms. The lowest BCUT2D eigenvalue weighted by Crippen LogP contribution is -2.32. The Kier molecular flexibility index (Phi) is 7.94. The minimum absolute atomic E-state index is 0.549. The number of hydrogen-bond acceptors (Lipinski definition) is 4. The Labute approximate surface area is 214 Å². The molecule has 184 valence electrons. The largest absolute Gasteiger partial charge is 0.494 e. The summed E-state index contributed by atoms with van der Waals surface area (Å²) in [6, 6.07) is 31.9. The molecule has 5 rings (SSSR count). The molecule has 1 aliphatic heterocycles. The summed E-state index contributed by atoms with van der Waals surface area (Å²) in [5, 5.41) is 3.52. The van der Waals surface area contributed by atoms with Crippen LogP contribution in [0.4, 0.5) is 0 Å². The highest BCUT2D eigenvalue weighted by molar-refractivity contribution is 5.71. The minimum Gasteiger partial charge on any atom is -0.494 e. The van der Waals surface area contributed by atoms with Gasteiger partial charge < -0.3 is 14.8 Å². The number of nitrogens with one attached hydrogen (secondary N) is 1. The van der Waals surface area contributed by atoms with Crippen LogP contribution in [0, 0.1) is 0 Å². The van der Waals surface area contributed by atoms with E-state index in [1.807, 2.05) is 30.3 Å². The highest BCUT2D eigenvalue weighted by Gasteiger charge is 2.14. The summed E-state index contributed by atoms with van der Waals surface area (Å²) >= 11 is 0. The average molecular weight is 479 g/mol. The SMILES string of the molecule is CC1Cc2ccc(OCCCCCOc3cc(-c4ccccc4)cc(-c4ccccc4)n3)cc2CN1. The molecule has 0 spiro atoms. The van der Waals surface area contributed by atoms with Crippen LogP contribution in [0.2, 0.25) is 0 Å². The van der Waals surface area contributed by atoms with E-state index in [-0.39, 0.29) is 0 Å². The zero-order valence-corrected chi connectivity index (χ0v) is 21.0. The molecule has 0 bridgehead atoms. The topological polar surface area (TPSA) is 43.4 Å². The third-order valence-corrected chi connectivity index (χ3v) is 6.63. The van der Waals surface area contributed by atoms with Crippen molar-refractivity contribution in [2.45, 2.75) is 45.2 Å². The molecule has 0 saturated heterocycles. The molecule has 0 fully saturated rings. The molecule has 1 aliphatic rings. The second kappa shape index (κ2) is 11.9. The first kappa shape index (κ1) is 24.1. The lowest BCUT2D eigenvalue weighted by Gasteiger charge is -2.23. The van der Waals surface area contributed by atoms with Gasteiger partial charge in [0.25, 0.3) is 0 Å². The van der Waals surface area contributed by atoms with Crippen LogP contribution in [0.15, 0.2) is 91.0 Å². The van der Waals surface area contributed by atoms with Gasteiger partial charge in [0, 0.05) is 24.2 Å². The zero-order chi connectivity index (χ0) is 24.6.